The molecule has 5 nitrogen and oxygen atoms in total. The number of carbonyl (C=O) groups is 1. The molecule has 0 spiro atoms. The van der Waals surface area contributed by atoms with Crippen LogP contribution in [-0.2, 0) is 19.1 Å². The smallest absolute Gasteiger partial charge is 0.330 e. The third kappa shape index (κ3) is 4.15. The van der Waals surface area contributed by atoms with E-state index in [0.29, 0.717) is 17.7 Å². The number of alkyl halides is 3. The van der Waals surface area contributed by atoms with Crippen LogP contribution >= 0.6 is 0 Å². The Morgan fingerprint density at radius 1 is 1.47 bits per heavy atom. The van der Waals surface area contributed by atoms with Gasteiger partial charge in [-0.15, -0.1) is 0 Å². The highest BCUT2D eigenvalue weighted by Gasteiger charge is 2.46. The van der Waals surface area contributed by atoms with Crippen molar-refractivity contribution in [2.45, 2.75) is 25.1 Å². The fourth-order valence-corrected chi connectivity index (χ4v) is 2.05. The number of carbonyl (C=O) groups excluding carboxylic acids is 1. The van der Waals surface area contributed by atoms with Gasteiger partial charge in [-0.25, -0.2) is 0 Å². The molecular weight excluding hydrogens is 263 g/mol. The average molecular weight is 275 g/mol. The second-order valence-corrected chi connectivity index (χ2v) is 5.42. The molecule has 1 fully saturated rings. The van der Waals surface area contributed by atoms with Crippen LogP contribution in [-0.4, -0.2) is 50.9 Å². The second-order valence-electron chi connectivity index (χ2n) is 3.78. The van der Waals surface area contributed by atoms with Crippen molar-refractivity contribution in [2.24, 2.45) is 0 Å². The molecule has 0 aliphatic carbocycles. The molecule has 1 aliphatic rings. The summed E-state index contributed by atoms with van der Waals surface area (Å²) in [6.07, 6.45) is -3.43. The molecular formula is C8H12F3NO4S. The maximum absolute atomic E-state index is 12.2. The van der Waals surface area contributed by atoms with Gasteiger partial charge >= 0.3 is 12.1 Å². The molecule has 1 atom stereocenters. The molecule has 100 valence electrons. The Morgan fingerprint density at radius 3 is 2.53 bits per heavy atom. The van der Waals surface area contributed by atoms with Crippen molar-refractivity contribution in [3.8, 4) is 0 Å². The molecule has 1 heterocycles. The van der Waals surface area contributed by atoms with Crippen LogP contribution in [0.5, 0.6) is 0 Å². The SMILES string of the molecule is CS(=O)(=O)OC[C@@H]1CCCN1C(=O)C(F)(F)F. The van der Waals surface area contributed by atoms with Gasteiger partial charge in [0.2, 0.25) is 0 Å². The molecule has 1 aliphatic heterocycles. The monoisotopic (exact) mass is 275 g/mol. The minimum Gasteiger partial charge on any atom is -0.330 e. The maximum atomic E-state index is 12.2. The molecule has 0 unspecified atom stereocenters. The largest absolute Gasteiger partial charge is 0.471 e. The van der Waals surface area contributed by atoms with E-state index in [1.54, 1.807) is 0 Å². The van der Waals surface area contributed by atoms with E-state index < -0.39 is 34.9 Å². The summed E-state index contributed by atoms with van der Waals surface area (Å²) in [7, 11) is -3.72. The molecule has 0 N–H and O–H groups in total. The molecule has 0 saturated carbocycles. The maximum Gasteiger partial charge on any atom is 0.471 e. The van der Waals surface area contributed by atoms with Crippen molar-refractivity contribution in [1.82, 2.24) is 4.90 Å². The number of likely N-dealkylation sites (tertiary alicyclic amines) is 1. The van der Waals surface area contributed by atoms with E-state index in [0.717, 1.165) is 6.26 Å². The van der Waals surface area contributed by atoms with Crippen LogP contribution in [0, 0.1) is 0 Å². The van der Waals surface area contributed by atoms with Gasteiger partial charge in [0.1, 0.15) is 0 Å². The van der Waals surface area contributed by atoms with E-state index in [2.05, 4.69) is 4.18 Å². The van der Waals surface area contributed by atoms with Crippen molar-refractivity contribution in [1.29, 1.82) is 0 Å². The lowest BCUT2D eigenvalue weighted by Crippen LogP contribution is -2.45. The van der Waals surface area contributed by atoms with E-state index in [-0.39, 0.29) is 6.54 Å². The summed E-state index contributed by atoms with van der Waals surface area (Å²) in [4.78, 5) is 11.6. The first-order chi connectivity index (χ1) is 7.61. The van der Waals surface area contributed by atoms with Gasteiger partial charge < -0.3 is 4.90 Å². The number of nitrogens with zero attached hydrogens (tertiary/aromatic N) is 1. The fourth-order valence-electron chi connectivity index (χ4n) is 1.64. The van der Waals surface area contributed by atoms with E-state index >= 15 is 0 Å². The Labute approximate surface area is 96.7 Å². The van der Waals surface area contributed by atoms with Crippen LogP contribution in [0.3, 0.4) is 0 Å². The summed E-state index contributed by atoms with van der Waals surface area (Å²) in [5, 5.41) is 0. The molecule has 0 bridgehead atoms. The second kappa shape index (κ2) is 4.81. The molecule has 0 radical (unpaired) electrons. The molecule has 0 aromatic rings. The van der Waals surface area contributed by atoms with E-state index in [1.165, 1.54) is 0 Å². The molecule has 1 rings (SSSR count). The molecule has 17 heavy (non-hydrogen) atoms. The Balaban J connectivity index is 2.64. The molecule has 0 aromatic heterocycles. The zero-order chi connectivity index (χ0) is 13.3. The lowest BCUT2D eigenvalue weighted by atomic mass is 10.2. The molecule has 1 saturated heterocycles. The predicted molar refractivity (Wildman–Crippen MR) is 51.6 cm³/mol. The Bertz CT molecular complexity index is 392. The van der Waals surface area contributed by atoms with Crippen LogP contribution in [0.4, 0.5) is 13.2 Å². The minimum atomic E-state index is -4.94. The molecule has 0 aromatic carbocycles. The number of amides is 1. The third-order valence-electron chi connectivity index (χ3n) is 2.36. The number of rotatable bonds is 3. The first kappa shape index (κ1) is 14.2. The summed E-state index contributed by atoms with van der Waals surface area (Å²) >= 11 is 0. The fraction of sp³-hybridized carbons (Fsp3) is 0.875. The number of hydrogen-bond donors (Lipinski definition) is 0. The zero-order valence-corrected chi connectivity index (χ0v) is 9.84. The van der Waals surface area contributed by atoms with Gasteiger partial charge in [-0.3, -0.25) is 8.98 Å². The summed E-state index contributed by atoms with van der Waals surface area (Å²) < 4.78 is 62.4. The lowest BCUT2D eigenvalue weighted by molar-refractivity contribution is -0.186. The highest BCUT2D eigenvalue weighted by molar-refractivity contribution is 7.85. The standard InChI is InChI=1S/C8H12F3NO4S/c1-17(14,15)16-5-6-3-2-4-12(6)7(13)8(9,10)11/h6H,2-5H2,1H3/t6-/m0/s1. The number of hydrogen-bond acceptors (Lipinski definition) is 4. The van der Waals surface area contributed by atoms with Crippen molar-refractivity contribution in [2.75, 3.05) is 19.4 Å². The average Bonchev–Trinajstić information content (AvgIpc) is 2.58. The molecule has 9 heteroatoms. The normalized spacial score (nSPS) is 21.9. The van der Waals surface area contributed by atoms with Crippen LogP contribution in [0.15, 0.2) is 0 Å². The Kier molecular flexibility index (Phi) is 4.03. The number of halogens is 3. The van der Waals surface area contributed by atoms with Crippen LogP contribution in [0.1, 0.15) is 12.8 Å². The summed E-state index contributed by atoms with van der Waals surface area (Å²) in [6, 6.07) is -0.834. The first-order valence-electron chi connectivity index (χ1n) is 4.83. The van der Waals surface area contributed by atoms with E-state index in [1.807, 2.05) is 0 Å². The lowest BCUT2D eigenvalue weighted by Gasteiger charge is -2.24. The summed E-state index contributed by atoms with van der Waals surface area (Å²) in [5.74, 6) is -1.95. The van der Waals surface area contributed by atoms with Gasteiger partial charge in [0.15, 0.2) is 0 Å². The van der Waals surface area contributed by atoms with Gasteiger partial charge in [-0.2, -0.15) is 21.6 Å². The van der Waals surface area contributed by atoms with Crippen molar-refractivity contribution in [3.05, 3.63) is 0 Å². The zero-order valence-electron chi connectivity index (χ0n) is 9.03. The summed E-state index contributed by atoms with van der Waals surface area (Å²) in [6.45, 7) is -0.462. The van der Waals surface area contributed by atoms with Gasteiger partial charge in [0.05, 0.1) is 18.9 Å². The van der Waals surface area contributed by atoms with Crippen LogP contribution in [0.25, 0.3) is 0 Å². The first-order valence-corrected chi connectivity index (χ1v) is 6.65. The Morgan fingerprint density at radius 2 is 2.06 bits per heavy atom. The van der Waals surface area contributed by atoms with Crippen LogP contribution in [0.2, 0.25) is 0 Å². The quantitative estimate of drug-likeness (QED) is 0.704. The topological polar surface area (TPSA) is 63.7 Å². The van der Waals surface area contributed by atoms with Crippen molar-refractivity contribution >= 4 is 16.0 Å². The van der Waals surface area contributed by atoms with E-state index in [9.17, 15) is 26.4 Å². The highest BCUT2D eigenvalue weighted by atomic mass is 32.2. The van der Waals surface area contributed by atoms with E-state index in [4.69, 9.17) is 0 Å². The van der Waals surface area contributed by atoms with Gasteiger partial charge in [-0.05, 0) is 12.8 Å². The van der Waals surface area contributed by atoms with Gasteiger partial charge in [0.25, 0.3) is 10.1 Å². The van der Waals surface area contributed by atoms with Gasteiger partial charge in [-0.1, -0.05) is 0 Å². The van der Waals surface area contributed by atoms with Gasteiger partial charge in [0, 0.05) is 6.54 Å². The highest BCUT2D eigenvalue weighted by Crippen LogP contribution is 2.25. The predicted octanol–water partition coefficient (Wildman–Crippen LogP) is 0.516. The van der Waals surface area contributed by atoms with Crippen molar-refractivity contribution in [3.63, 3.8) is 0 Å². The third-order valence-corrected chi connectivity index (χ3v) is 2.92. The minimum absolute atomic E-state index is 0.0316. The van der Waals surface area contributed by atoms with Crippen LogP contribution < -0.4 is 0 Å². The summed E-state index contributed by atoms with van der Waals surface area (Å²) in [5.41, 5.74) is 0. The Hall–Kier alpha value is -0.830. The molecule has 1 amide bonds. The van der Waals surface area contributed by atoms with Crippen molar-refractivity contribution < 1.29 is 30.6 Å².